The second kappa shape index (κ2) is 9.16. The van der Waals surface area contributed by atoms with Crippen LogP contribution in [0.4, 0.5) is 5.69 Å². The summed E-state index contributed by atoms with van der Waals surface area (Å²) in [5.41, 5.74) is 1.07. The highest BCUT2D eigenvalue weighted by molar-refractivity contribution is 6.05. The van der Waals surface area contributed by atoms with Gasteiger partial charge in [-0.05, 0) is 36.6 Å². The second-order valence-corrected chi connectivity index (χ2v) is 6.65. The second-order valence-electron chi connectivity index (χ2n) is 6.65. The Morgan fingerprint density at radius 2 is 1.93 bits per heavy atom. The van der Waals surface area contributed by atoms with Gasteiger partial charge in [-0.3, -0.25) is 9.59 Å². The van der Waals surface area contributed by atoms with Crippen molar-refractivity contribution >= 4 is 17.5 Å². The summed E-state index contributed by atoms with van der Waals surface area (Å²) in [7, 11) is 1.55. The predicted octanol–water partition coefficient (Wildman–Crippen LogP) is 3.39. The summed E-state index contributed by atoms with van der Waals surface area (Å²) in [5.74, 6) is 0.00432. The average Bonchev–Trinajstić information content (AvgIpc) is 2.62. The van der Waals surface area contributed by atoms with E-state index in [1.54, 1.807) is 44.3 Å². The number of carbonyl (C=O) groups is 2. The van der Waals surface area contributed by atoms with Crippen LogP contribution in [-0.2, 0) is 11.2 Å². The van der Waals surface area contributed by atoms with Crippen LogP contribution in [0, 0.1) is 6.92 Å². The number of aryl methyl sites for hydroxylation is 1. The molecule has 2 aromatic rings. The van der Waals surface area contributed by atoms with Gasteiger partial charge in [-0.15, -0.1) is 0 Å². The van der Waals surface area contributed by atoms with Crippen LogP contribution < -0.4 is 16.3 Å². The number of nitrogens with one attached hydrogen (secondary N) is 2. The first-order chi connectivity index (χ1) is 12.9. The van der Waals surface area contributed by atoms with Crippen molar-refractivity contribution in [2.75, 3.05) is 12.4 Å². The van der Waals surface area contributed by atoms with Crippen molar-refractivity contribution in [1.82, 2.24) is 5.32 Å². The molecular weight excluding hydrogens is 344 g/mol. The molecule has 6 heteroatoms. The first kappa shape index (κ1) is 20.4. The maximum Gasteiger partial charge on any atom is 0.349 e. The Bertz CT molecular complexity index is 886. The number of rotatable bonds is 7. The molecule has 2 amide bonds. The third-order valence-corrected chi connectivity index (χ3v) is 4.50. The van der Waals surface area contributed by atoms with Gasteiger partial charge < -0.3 is 15.1 Å². The molecule has 0 spiro atoms. The summed E-state index contributed by atoms with van der Waals surface area (Å²) in [4.78, 5) is 36.8. The number of hydrogen-bond acceptors (Lipinski definition) is 4. The molecule has 2 N–H and O–H groups in total. The van der Waals surface area contributed by atoms with Gasteiger partial charge in [-0.2, -0.15) is 0 Å². The minimum absolute atomic E-state index is 0.0165. The van der Waals surface area contributed by atoms with Crippen molar-refractivity contribution in [3.63, 3.8) is 0 Å². The molecule has 0 bridgehead atoms. The lowest BCUT2D eigenvalue weighted by Crippen LogP contribution is -2.25. The van der Waals surface area contributed by atoms with Crippen LogP contribution in [0.1, 0.15) is 59.9 Å². The van der Waals surface area contributed by atoms with Crippen molar-refractivity contribution < 1.29 is 14.0 Å². The standard InChI is InChI=1S/C21H26N2O4/c1-5-8-13(2)17-11-14(3)19(21(26)27-17)20(25)23-16-10-7-6-9-15(16)12-18(24)22-4/h6-7,9-11,13H,5,8,12H2,1-4H3,(H,22,24)(H,23,25). The minimum Gasteiger partial charge on any atom is -0.427 e. The summed E-state index contributed by atoms with van der Waals surface area (Å²) in [6, 6.07) is 8.76. The molecule has 0 aliphatic carbocycles. The van der Waals surface area contributed by atoms with Crippen LogP contribution >= 0.6 is 0 Å². The Kier molecular flexibility index (Phi) is 6.93. The van der Waals surface area contributed by atoms with Crippen LogP contribution in [0.3, 0.4) is 0 Å². The number of amides is 2. The molecule has 1 unspecified atom stereocenters. The fraction of sp³-hybridized carbons (Fsp3) is 0.381. The predicted molar refractivity (Wildman–Crippen MR) is 105 cm³/mol. The fourth-order valence-corrected chi connectivity index (χ4v) is 2.97. The summed E-state index contributed by atoms with van der Waals surface area (Å²) < 4.78 is 5.39. The van der Waals surface area contributed by atoms with Gasteiger partial charge in [-0.1, -0.05) is 38.5 Å². The maximum absolute atomic E-state index is 12.7. The van der Waals surface area contributed by atoms with E-state index < -0.39 is 11.5 Å². The van der Waals surface area contributed by atoms with E-state index in [2.05, 4.69) is 17.6 Å². The maximum atomic E-state index is 12.7. The summed E-state index contributed by atoms with van der Waals surface area (Å²) >= 11 is 0. The van der Waals surface area contributed by atoms with Crippen molar-refractivity contribution in [3.8, 4) is 0 Å². The lowest BCUT2D eigenvalue weighted by Gasteiger charge is -2.13. The van der Waals surface area contributed by atoms with Crippen molar-refractivity contribution in [2.24, 2.45) is 0 Å². The zero-order valence-electron chi connectivity index (χ0n) is 16.2. The molecule has 27 heavy (non-hydrogen) atoms. The number of likely N-dealkylation sites (N-methyl/N-ethyl adjacent to an activating group) is 1. The number of anilines is 1. The topological polar surface area (TPSA) is 88.4 Å². The Balaban J connectivity index is 2.29. The first-order valence-electron chi connectivity index (χ1n) is 9.11. The summed E-state index contributed by atoms with van der Waals surface area (Å²) in [5, 5.41) is 5.29. The molecule has 2 rings (SSSR count). The molecule has 1 aromatic carbocycles. The molecule has 144 valence electrons. The molecule has 0 saturated carbocycles. The number of carbonyl (C=O) groups excluding carboxylic acids is 2. The highest BCUT2D eigenvalue weighted by Gasteiger charge is 2.20. The van der Waals surface area contributed by atoms with E-state index in [4.69, 9.17) is 4.42 Å². The van der Waals surface area contributed by atoms with Gasteiger partial charge in [0, 0.05) is 18.7 Å². The number of para-hydroxylation sites is 1. The number of hydrogen-bond donors (Lipinski definition) is 2. The third kappa shape index (κ3) is 5.06. The van der Waals surface area contributed by atoms with E-state index in [1.165, 1.54) is 0 Å². The van der Waals surface area contributed by atoms with Gasteiger partial charge in [0.05, 0.1) is 6.42 Å². The van der Waals surface area contributed by atoms with Crippen LogP contribution in [-0.4, -0.2) is 18.9 Å². The van der Waals surface area contributed by atoms with E-state index in [0.29, 0.717) is 22.6 Å². The van der Waals surface area contributed by atoms with E-state index in [-0.39, 0.29) is 23.8 Å². The Morgan fingerprint density at radius 3 is 2.56 bits per heavy atom. The highest BCUT2D eigenvalue weighted by Crippen LogP contribution is 2.22. The van der Waals surface area contributed by atoms with Crippen molar-refractivity contribution in [1.29, 1.82) is 0 Å². The van der Waals surface area contributed by atoms with Gasteiger partial charge in [0.1, 0.15) is 11.3 Å². The quantitative estimate of drug-likeness (QED) is 0.782. The van der Waals surface area contributed by atoms with E-state index in [1.807, 2.05) is 6.92 Å². The normalized spacial score (nSPS) is 11.7. The summed E-state index contributed by atoms with van der Waals surface area (Å²) in [6.07, 6.45) is 2.02. The van der Waals surface area contributed by atoms with E-state index in [0.717, 1.165) is 12.8 Å². The van der Waals surface area contributed by atoms with Crippen molar-refractivity contribution in [3.05, 3.63) is 63.2 Å². The van der Waals surface area contributed by atoms with Crippen LogP contribution in [0.2, 0.25) is 0 Å². The van der Waals surface area contributed by atoms with E-state index >= 15 is 0 Å². The molecule has 1 atom stereocenters. The van der Waals surface area contributed by atoms with Gasteiger partial charge in [0.15, 0.2) is 0 Å². The number of benzene rings is 1. The first-order valence-corrected chi connectivity index (χ1v) is 9.11. The lowest BCUT2D eigenvalue weighted by molar-refractivity contribution is -0.119. The highest BCUT2D eigenvalue weighted by atomic mass is 16.4. The minimum atomic E-state index is -0.644. The van der Waals surface area contributed by atoms with Crippen molar-refractivity contribution in [2.45, 2.75) is 46.0 Å². The molecular formula is C21H26N2O4. The monoisotopic (exact) mass is 370 g/mol. The third-order valence-electron chi connectivity index (χ3n) is 4.50. The molecule has 0 saturated heterocycles. The van der Waals surface area contributed by atoms with Gasteiger partial charge in [0.25, 0.3) is 5.91 Å². The van der Waals surface area contributed by atoms with Gasteiger partial charge >= 0.3 is 5.63 Å². The van der Waals surface area contributed by atoms with Crippen LogP contribution in [0.15, 0.2) is 39.5 Å². The van der Waals surface area contributed by atoms with E-state index in [9.17, 15) is 14.4 Å². The molecule has 6 nitrogen and oxygen atoms in total. The molecule has 0 aliphatic rings. The smallest absolute Gasteiger partial charge is 0.349 e. The molecule has 1 aromatic heterocycles. The Morgan fingerprint density at radius 1 is 1.22 bits per heavy atom. The fourth-order valence-electron chi connectivity index (χ4n) is 2.97. The molecule has 0 radical (unpaired) electrons. The van der Waals surface area contributed by atoms with Gasteiger partial charge in [-0.25, -0.2) is 4.79 Å². The SMILES string of the molecule is CCCC(C)c1cc(C)c(C(=O)Nc2ccccc2CC(=O)NC)c(=O)o1. The van der Waals surface area contributed by atoms with Crippen LogP contribution in [0.25, 0.3) is 0 Å². The zero-order chi connectivity index (χ0) is 20.0. The average molecular weight is 370 g/mol. The summed E-state index contributed by atoms with van der Waals surface area (Å²) in [6.45, 7) is 5.79. The largest absolute Gasteiger partial charge is 0.427 e. The zero-order valence-corrected chi connectivity index (χ0v) is 16.2. The lowest BCUT2D eigenvalue weighted by atomic mass is 10.0. The molecule has 0 aliphatic heterocycles. The molecule has 0 fully saturated rings. The Labute approximate surface area is 159 Å². The van der Waals surface area contributed by atoms with Gasteiger partial charge in [0.2, 0.25) is 5.91 Å². The molecule has 1 heterocycles. The van der Waals surface area contributed by atoms with Crippen LogP contribution in [0.5, 0.6) is 0 Å². The Hall–Kier alpha value is -2.89.